The Labute approximate surface area is 90.0 Å². The number of nitrogens with two attached hydrogens (primary N) is 1. The first-order chi connectivity index (χ1) is 7.15. The zero-order chi connectivity index (χ0) is 11.3. The third-order valence-corrected chi connectivity index (χ3v) is 2.49. The SMILES string of the molecule is CCCC(N)C(=O)N1CCCNC(=O)C1. The van der Waals surface area contributed by atoms with Crippen LogP contribution in [0.4, 0.5) is 0 Å². The first-order valence-electron chi connectivity index (χ1n) is 5.46. The highest BCUT2D eigenvalue weighted by Crippen LogP contribution is 2.03. The van der Waals surface area contributed by atoms with Crippen molar-refractivity contribution in [3.05, 3.63) is 0 Å². The van der Waals surface area contributed by atoms with Crippen LogP contribution in [0.2, 0.25) is 0 Å². The summed E-state index contributed by atoms with van der Waals surface area (Å²) in [6.45, 7) is 3.40. The highest BCUT2D eigenvalue weighted by atomic mass is 16.2. The largest absolute Gasteiger partial charge is 0.354 e. The van der Waals surface area contributed by atoms with Gasteiger partial charge < -0.3 is 16.0 Å². The van der Waals surface area contributed by atoms with Gasteiger partial charge in [0.25, 0.3) is 0 Å². The molecule has 0 radical (unpaired) electrons. The van der Waals surface area contributed by atoms with Gasteiger partial charge in [-0.1, -0.05) is 13.3 Å². The van der Waals surface area contributed by atoms with Gasteiger partial charge in [0.05, 0.1) is 12.6 Å². The summed E-state index contributed by atoms with van der Waals surface area (Å²) in [7, 11) is 0. The quantitative estimate of drug-likeness (QED) is 0.661. The molecule has 0 bridgehead atoms. The van der Waals surface area contributed by atoms with E-state index >= 15 is 0 Å². The molecule has 1 aliphatic heterocycles. The summed E-state index contributed by atoms with van der Waals surface area (Å²) in [4.78, 5) is 24.6. The van der Waals surface area contributed by atoms with E-state index in [0.717, 1.165) is 12.8 Å². The van der Waals surface area contributed by atoms with Crippen LogP contribution >= 0.6 is 0 Å². The number of nitrogens with one attached hydrogen (secondary N) is 1. The summed E-state index contributed by atoms with van der Waals surface area (Å²) in [6.07, 6.45) is 2.36. The number of hydrogen-bond donors (Lipinski definition) is 2. The Morgan fingerprint density at radius 3 is 3.07 bits per heavy atom. The number of hydrogen-bond acceptors (Lipinski definition) is 3. The van der Waals surface area contributed by atoms with Crippen LogP contribution in [-0.4, -0.2) is 42.4 Å². The topological polar surface area (TPSA) is 75.4 Å². The molecule has 86 valence electrons. The van der Waals surface area contributed by atoms with Crippen LogP contribution in [0, 0.1) is 0 Å². The second kappa shape index (κ2) is 5.70. The van der Waals surface area contributed by atoms with Gasteiger partial charge >= 0.3 is 0 Å². The highest BCUT2D eigenvalue weighted by Gasteiger charge is 2.23. The minimum absolute atomic E-state index is 0.0930. The molecule has 0 saturated carbocycles. The number of nitrogens with zero attached hydrogens (tertiary/aromatic N) is 1. The Balaban J connectivity index is 2.53. The molecule has 5 nitrogen and oxygen atoms in total. The Morgan fingerprint density at radius 2 is 2.40 bits per heavy atom. The molecule has 3 N–H and O–H groups in total. The lowest BCUT2D eigenvalue weighted by Crippen LogP contribution is -2.46. The summed E-state index contributed by atoms with van der Waals surface area (Å²) in [5.74, 6) is -0.196. The molecule has 1 aliphatic rings. The Kier molecular flexibility index (Phi) is 4.55. The predicted octanol–water partition coefficient (Wildman–Crippen LogP) is -0.538. The number of rotatable bonds is 3. The van der Waals surface area contributed by atoms with Crippen molar-refractivity contribution in [3.63, 3.8) is 0 Å². The molecule has 1 rings (SSSR count). The van der Waals surface area contributed by atoms with E-state index in [-0.39, 0.29) is 18.4 Å². The third-order valence-electron chi connectivity index (χ3n) is 2.49. The van der Waals surface area contributed by atoms with Crippen LogP contribution in [-0.2, 0) is 9.59 Å². The number of carbonyl (C=O) groups is 2. The van der Waals surface area contributed by atoms with Crippen molar-refractivity contribution in [2.45, 2.75) is 32.2 Å². The van der Waals surface area contributed by atoms with Gasteiger partial charge in [-0.15, -0.1) is 0 Å². The lowest BCUT2D eigenvalue weighted by molar-refractivity contribution is -0.136. The van der Waals surface area contributed by atoms with Crippen LogP contribution in [0.5, 0.6) is 0 Å². The average molecular weight is 213 g/mol. The van der Waals surface area contributed by atoms with Gasteiger partial charge in [0, 0.05) is 13.1 Å². The maximum atomic E-state index is 11.8. The van der Waals surface area contributed by atoms with Crippen LogP contribution < -0.4 is 11.1 Å². The molecule has 1 atom stereocenters. The van der Waals surface area contributed by atoms with Crippen LogP contribution in [0.1, 0.15) is 26.2 Å². The molecule has 0 aromatic carbocycles. The van der Waals surface area contributed by atoms with Gasteiger partial charge in [-0.2, -0.15) is 0 Å². The van der Waals surface area contributed by atoms with Crippen LogP contribution in [0.3, 0.4) is 0 Å². The standard InChI is InChI=1S/C10H19N3O2/c1-2-4-8(11)10(15)13-6-3-5-12-9(14)7-13/h8H,2-7,11H2,1H3,(H,12,14). The first kappa shape index (κ1) is 12.0. The zero-order valence-corrected chi connectivity index (χ0v) is 9.16. The molecule has 0 spiro atoms. The first-order valence-corrected chi connectivity index (χ1v) is 5.46. The van der Waals surface area contributed by atoms with Gasteiger partial charge in [0.15, 0.2) is 0 Å². The monoisotopic (exact) mass is 213 g/mol. The summed E-state index contributed by atoms with van der Waals surface area (Å²) in [6, 6.07) is -0.458. The minimum Gasteiger partial charge on any atom is -0.354 e. The van der Waals surface area contributed by atoms with Gasteiger partial charge in [0.1, 0.15) is 0 Å². The van der Waals surface area contributed by atoms with E-state index in [1.807, 2.05) is 6.92 Å². The second-order valence-electron chi connectivity index (χ2n) is 3.86. The van der Waals surface area contributed by atoms with Crippen molar-refractivity contribution in [1.82, 2.24) is 10.2 Å². The Hall–Kier alpha value is -1.10. The lowest BCUT2D eigenvalue weighted by Gasteiger charge is -2.22. The maximum absolute atomic E-state index is 11.8. The molecule has 1 heterocycles. The van der Waals surface area contributed by atoms with E-state index in [9.17, 15) is 9.59 Å². The number of amides is 2. The zero-order valence-electron chi connectivity index (χ0n) is 9.16. The molecule has 5 heteroatoms. The third kappa shape index (κ3) is 3.51. The molecular weight excluding hydrogens is 194 g/mol. The molecule has 1 unspecified atom stereocenters. The average Bonchev–Trinajstić information content (AvgIpc) is 2.42. The number of carbonyl (C=O) groups excluding carboxylic acids is 2. The van der Waals surface area contributed by atoms with Gasteiger partial charge in [0.2, 0.25) is 11.8 Å². The fourth-order valence-electron chi connectivity index (χ4n) is 1.66. The minimum atomic E-state index is -0.458. The second-order valence-corrected chi connectivity index (χ2v) is 3.86. The molecular formula is C10H19N3O2. The van der Waals surface area contributed by atoms with E-state index in [2.05, 4.69) is 5.32 Å². The van der Waals surface area contributed by atoms with Crippen molar-refractivity contribution < 1.29 is 9.59 Å². The van der Waals surface area contributed by atoms with E-state index in [4.69, 9.17) is 5.73 Å². The van der Waals surface area contributed by atoms with E-state index in [0.29, 0.717) is 19.5 Å². The van der Waals surface area contributed by atoms with E-state index < -0.39 is 6.04 Å². The fourth-order valence-corrected chi connectivity index (χ4v) is 1.66. The van der Waals surface area contributed by atoms with Crippen molar-refractivity contribution in [1.29, 1.82) is 0 Å². The summed E-state index contributed by atoms with van der Waals surface area (Å²) >= 11 is 0. The van der Waals surface area contributed by atoms with Crippen molar-refractivity contribution in [3.8, 4) is 0 Å². The maximum Gasteiger partial charge on any atom is 0.239 e. The summed E-state index contributed by atoms with van der Waals surface area (Å²) < 4.78 is 0. The van der Waals surface area contributed by atoms with Crippen molar-refractivity contribution in [2.75, 3.05) is 19.6 Å². The van der Waals surface area contributed by atoms with Crippen LogP contribution in [0.25, 0.3) is 0 Å². The lowest BCUT2D eigenvalue weighted by atomic mass is 10.1. The van der Waals surface area contributed by atoms with Crippen molar-refractivity contribution >= 4 is 11.8 Å². The molecule has 0 aromatic rings. The summed E-state index contributed by atoms with van der Waals surface area (Å²) in [5, 5.41) is 2.73. The van der Waals surface area contributed by atoms with E-state index in [1.165, 1.54) is 0 Å². The van der Waals surface area contributed by atoms with Gasteiger partial charge in [-0.3, -0.25) is 9.59 Å². The predicted molar refractivity (Wildman–Crippen MR) is 57.1 cm³/mol. The molecule has 1 fully saturated rings. The normalized spacial score (nSPS) is 19.3. The van der Waals surface area contributed by atoms with Crippen LogP contribution in [0.15, 0.2) is 0 Å². The Morgan fingerprint density at radius 1 is 1.67 bits per heavy atom. The molecule has 2 amide bonds. The molecule has 0 aromatic heterocycles. The molecule has 0 aliphatic carbocycles. The van der Waals surface area contributed by atoms with Gasteiger partial charge in [-0.25, -0.2) is 0 Å². The summed E-state index contributed by atoms with van der Waals surface area (Å²) in [5.41, 5.74) is 5.73. The molecule has 1 saturated heterocycles. The highest BCUT2D eigenvalue weighted by molar-refractivity contribution is 5.87. The Bertz CT molecular complexity index is 243. The fraction of sp³-hybridized carbons (Fsp3) is 0.800. The van der Waals surface area contributed by atoms with E-state index in [1.54, 1.807) is 4.90 Å². The molecule has 15 heavy (non-hydrogen) atoms. The van der Waals surface area contributed by atoms with Gasteiger partial charge in [-0.05, 0) is 12.8 Å². The van der Waals surface area contributed by atoms with Crippen molar-refractivity contribution in [2.24, 2.45) is 5.73 Å². The smallest absolute Gasteiger partial charge is 0.239 e.